The number of amides is 1. The summed E-state index contributed by atoms with van der Waals surface area (Å²) >= 11 is 1.81. The quantitative estimate of drug-likeness (QED) is 0.628. The Labute approximate surface area is 72.3 Å². The van der Waals surface area contributed by atoms with Gasteiger partial charge >= 0.3 is 0 Å². The number of thioether (sulfide) groups is 1. The van der Waals surface area contributed by atoms with Gasteiger partial charge in [-0.15, -0.1) is 0 Å². The van der Waals surface area contributed by atoms with E-state index in [4.69, 9.17) is 0 Å². The van der Waals surface area contributed by atoms with Gasteiger partial charge in [-0.25, -0.2) is 0 Å². The highest BCUT2D eigenvalue weighted by Gasteiger charge is 2.35. The molecule has 64 valence electrons. The first-order valence-corrected chi connectivity index (χ1v) is 5.28. The molecular formula is C8H15NOS. The molecule has 1 fully saturated rings. The molecule has 1 amide bonds. The molecule has 1 aliphatic heterocycles. The summed E-state index contributed by atoms with van der Waals surface area (Å²) in [6.07, 6.45) is 3.89. The van der Waals surface area contributed by atoms with Crippen LogP contribution in [0.25, 0.3) is 0 Å². The second-order valence-electron chi connectivity index (χ2n) is 2.96. The van der Waals surface area contributed by atoms with Gasteiger partial charge in [-0.1, -0.05) is 6.92 Å². The van der Waals surface area contributed by atoms with E-state index in [1.807, 2.05) is 23.7 Å². The zero-order valence-electron chi connectivity index (χ0n) is 7.33. The van der Waals surface area contributed by atoms with E-state index in [1.165, 1.54) is 0 Å². The van der Waals surface area contributed by atoms with Gasteiger partial charge in [0.15, 0.2) is 0 Å². The summed E-state index contributed by atoms with van der Waals surface area (Å²) in [5.74, 6) is 0.302. The number of nitrogens with zero attached hydrogens (tertiary/aromatic N) is 1. The fourth-order valence-corrected chi connectivity index (χ4v) is 2.66. The summed E-state index contributed by atoms with van der Waals surface area (Å²) < 4.78 is 0. The second kappa shape index (κ2) is 3.48. The number of hydrogen-bond acceptors (Lipinski definition) is 2. The third-order valence-electron chi connectivity index (χ3n) is 2.42. The van der Waals surface area contributed by atoms with Crippen LogP contribution in [0.4, 0.5) is 0 Å². The van der Waals surface area contributed by atoms with Gasteiger partial charge in [-0.2, -0.15) is 11.8 Å². The van der Waals surface area contributed by atoms with Crippen molar-refractivity contribution in [3.05, 3.63) is 0 Å². The molecule has 1 saturated heterocycles. The van der Waals surface area contributed by atoms with Crippen LogP contribution in [0.15, 0.2) is 0 Å². The Morgan fingerprint density at radius 2 is 2.36 bits per heavy atom. The Morgan fingerprint density at radius 3 is 2.73 bits per heavy atom. The minimum atomic E-state index is 0.302. The minimum Gasteiger partial charge on any atom is -0.342 e. The van der Waals surface area contributed by atoms with E-state index in [-0.39, 0.29) is 0 Å². The molecule has 0 N–H and O–H groups in total. The molecule has 0 aromatic carbocycles. The zero-order chi connectivity index (χ0) is 8.43. The highest BCUT2D eigenvalue weighted by molar-refractivity contribution is 7.99. The van der Waals surface area contributed by atoms with Gasteiger partial charge in [0, 0.05) is 24.8 Å². The normalized spacial score (nSPS) is 31.5. The van der Waals surface area contributed by atoms with E-state index >= 15 is 0 Å². The Kier molecular flexibility index (Phi) is 2.82. The average Bonchev–Trinajstić information content (AvgIpc) is 2.28. The second-order valence-corrected chi connectivity index (χ2v) is 4.04. The topological polar surface area (TPSA) is 20.3 Å². The monoisotopic (exact) mass is 173 g/mol. The summed E-state index contributed by atoms with van der Waals surface area (Å²) in [5, 5.41) is 0.525. The maximum atomic E-state index is 11.2. The summed E-state index contributed by atoms with van der Waals surface area (Å²) in [6, 6.07) is 0.470. The van der Waals surface area contributed by atoms with Crippen molar-refractivity contribution in [3.8, 4) is 0 Å². The fourth-order valence-electron chi connectivity index (χ4n) is 1.66. The molecule has 0 aliphatic carbocycles. The van der Waals surface area contributed by atoms with Gasteiger partial charge in [-0.05, 0) is 12.7 Å². The molecule has 0 bridgehead atoms. The van der Waals surface area contributed by atoms with Crippen LogP contribution in [0.3, 0.4) is 0 Å². The first-order chi connectivity index (χ1) is 5.20. The van der Waals surface area contributed by atoms with Crippen LogP contribution >= 0.6 is 11.8 Å². The number of likely N-dealkylation sites (tertiary alicyclic amines) is 1. The molecule has 0 aromatic heterocycles. The van der Waals surface area contributed by atoms with Gasteiger partial charge in [0.1, 0.15) is 0 Å². The van der Waals surface area contributed by atoms with Crippen LogP contribution in [0, 0.1) is 0 Å². The lowest BCUT2D eigenvalue weighted by Crippen LogP contribution is -2.31. The lowest BCUT2D eigenvalue weighted by atomic mass is 10.2. The molecule has 1 aliphatic rings. The Bertz CT molecular complexity index is 160. The van der Waals surface area contributed by atoms with Crippen LogP contribution in [-0.4, -0.2) is 35.4 Å². The summed E-state index contributed by atoms with van der Waals surface area (Å²) in [6.45, 7) is 2.14. The van der Waals surface area contributed by atoms with Gasteiger partial charge < -0.3 is 4.90 Å². The van der Waals surface area contributed by atoms with Crippen molar-refractivity contribution in [3.63, 3.8) is 0 Å². The van der Waals surface area contributed by atoms with Gasteiger partial charge in [-0.3, -0.25) is 4.79 Å². The van der Waals surface area contributed by atoms with Crippen molar-refractivity contribution in [2.45, 2.75) is 31.1 Å². The van der Waals surface area contributed by atoms with E-state index in [0.29, 0.717) is 17.2 Å². The number of carbonyl (C=O) groups is 1. The third kappa shape index (κ3) is 1.53. The first-order valence-electron chi connectivity index (χ1n) is 3.99. The Morgan fingerprint density at radius 1 is 1.73 bits per heavy atom. The number of hydrogen-bond donors (Lipinski definition) is 0. The van der Waals surface area contributed by atoms with Crippen molar-refractivity contribution in [1.82, 2.24) is 4.90 Å². The van der Waals surface area contributed by atoms with Gasteiger partial charge in [0.05, 0.1) is 0 Å². The Hall–Kier alpha value is -0.180. The standard InChI is InChI=1S/C8H15NOS/c1-4-6-7(11-3)5-8(10)9(6)2/h6-7H,4-5H2,1-3H3. The highest BCUT2D eigenvalue weighted by Crippen LogP contribution is 2.28. The smallest absolute Gasteiger partial charge is 0.223 e. The number of carbonyl (C=O) groups excluding carboxylic acids is 1. The molecule has 2 atom stereocenters. The highest BCUT2D eigenvalue weighted by atomic mass is 32.2. The van der Waals surface area contributed by atoms with Gasteiger partial charge in [0.2, 0.25) is 5.91 Å². The average molecular weight is 173 g/mol. The van der Waals surface area contributed by atoms with E-state index in [0.717, 1.165) is 12.8 Å². The fraction of sp³-hybridized carbons (Fsp3) is 0.875. The maximum Gasteiger partial charge on any atom is 0.223 e. The van der Waals surface area contributed by atoms with Crippen LogP contribution in [0.2, 0.25) is 0 Å². The van der Waals surface area contributed by atoms with Crippen LogP contribution in [0.5, 0.6) is 0 Å². The van der Waals surface area contributed by atoms with Crippen molar-refractivity contribution in [2.24, 2.45) is 0 Å². The molecule has 0 saturated carbocycles. The molecule has 0 aromatic rings. The van der Waals surface area contributed by atoms with Crippen molar-refractivity contribution in [2.75, 3.05) is 13.3 Å². The first kappa shape index (κ1) is 8.91. The lowest BCUT2D eigenvalue weighted by molar-refractivity contribution is -0.127. The SMILES string of the molecule is CCC1C(SC)CC(=O)N1C. The molecule has 1 rings (SSSR count). The maximum absolute atomic E-state index is 11.2. The van der Waals surface area contributed by atoms with E-state index < -0.39 is 0 Å². The molecular weight excluding hydrogens is 158 g/mol. The minimum absolute atomic E-state index is 0.302. The number of rotatable bonds is 2. The van der Waals surface area contributed by atoms with Crippen molar-refractivity contribution in [1.29, 1.82) is 0 Å². The van der Waals surface area contributed by atoms with Crippen molar-refractivity contribution >= 4 is 17.7 Å². The van der Waals surface area contributed by atoms with E-state index in [2.05, 4.69) is 13.2 Å². The zero-order valence-corrected chi connectivity index (χ0v) is 8.15. The van der Waals surface area contributed by atoms with E-state index in [9.17, 15) is 4.79 Å². The van der Waals surface area contributed by atoms with Gasteiger partial charge in [0.25, 0.3) is 0 Å². The summed E-state index contributed by atoms with van der Waals surface area (Å²) in [5.41, 5.74) is 0. The largest absolute Gasteiger partial charge is 0.342 e. The van der Waals surface area contributed by atoms with E-state index in [1.54, 1.807) is 0 Å². The molecule has 3 heteroatoms. The van der Waals surface area contributed by atoms with Crippen LogP contribution in [-0.2, 0) is 4.79 Å². The molecule has 1 heterocycles. The van der Waals surface area contributed by atoms with Crippen LogP contribution < -0.4 is 0 Å². The molecule has 0 radical (unpaired) electrons. The predicted molar refractivity (Wildman–Crippen MR) is 48.8 cm³/mol. The molecule has 11 heavy (non-hydrogen) atoms. The lowest BCUT2D eigenvalue weighted by Gasteiger charge is -2.21. The van der Waals surface area contributed by atoms with Crippen LogP contribution in [0.1, 0.15) is 19.8 Å². The Balaban J connectivity index is 2.64. The molecule has 2 nitrogen and oxygen atoms in total. The summed E-state index contributed by atoms with van der Waals surface area (Å²) in [7, 11) is 1.91. The molecule has 2 unspecified atom stereocenters. The predicted octanol–water partition coefficient (Wildman–Crippen LogP) is 1.36. The summed E-state index contributed by atoms with van der Waals surface area (Å²) in [4.78, 5) is 13.1. The third-order valence-corrected chi connectivity index (χ3v) is 3.50. The molecule has 0 spiro atoms. The van der Waals surface area contributed by atoms with Crippen molar-refractivity contribution < 1.29 is 4.79 Å².